The van der Waals surface area contributed by atoms with Gasteiger partial charge in [0.15, 0.2) is 0 Å². The van der Waals surface area contributed by atoms with Crippen molar-refractivity contribution in [3.8, 4) is 0 Å². The quantitative estimate of drug-likeness (QED) is 0.621. The van der Waals surface area contributed by atoms with Gasteiger partial charge in [-0.15, -0.1) is 11.8 Å². The van der Waals surface area contributed by atoms with Gasteiger partial charge in [0, 0.05) is 10.9 Å². The first-order valence-corrected chi connectivity index (χ1v) is 6.48. The van der Waals surface area contributed by atoms with Crippen molar-refractivity contribution < 1.29 is 19.1 Å². The lowest BCUT2D eigenvalue weighted by Gasteiger charge is -2.25. The topological polar surface area (TPSA) is 64.6 Å². The molecule has 6 heteroatoms. The fourth-order valence-electron chi connectivity index (χ4n) is 1.63. The molecule has 1 aliphatic heterocycles. The molecule has 0 saturated heterocycles. The van der Waals surface area contributed by atoms with E-state index in [1.165, 1.54) is 24.9 Å². The van der Waals surface area contributed by atoms with Crippen LogP contribution in [0.25, 0.3) is 0 Å². The lowest BCUT2D eigenvalue weighted by atomic mass is 10.1. The maximum atomic E-state index is 11.6. The molecule has 0 amide bonds. The SMILES string of the molecule is CCOC(=O)/C=C1\NC(C)=C(C(=O)OC)C(C)S1. The molecular weight excluding hydrogens is 254 g/mol. The van der Waals surface area contributed by atoms with E-state index in [9.17, 15) is 9.59 Å². The molecule has 0 aromatic rings. The Morgan fingerprint density at radius 1 is 1.50 bits per heavy atom. The Kier molecular flexibility index (Phi) is 5.27. The number of carbonyl (C=O) groups excluding carboxylic acids is 2. The van der Waals surface area contributed by atoms with Gasteiger partial charge in [-0.1, -0.05) is 0 Å². The monoisotopic (exact) mass is 271 g/mol. The number of thioether (sulfide) groups is 1. The van der Waals surface area contributed by atoms with Crippen molar-refractivity contribution in [3.63, 3.8) is 0 Å². The summed E-state index contributed by atoms with van der Waals surface area (Å²) in [6.45, 7) is 5.76. The number of rotatable bonds is 3. The van der Waals surface area contributed by atoms with Gasteiger partial charge in [-0.05, 0) is 20.8 Å². The molecule has 1 unspecified atom stereocenters. The normalized spacial score (nSPS) is 21.6. The summed E-state index contributed by atoms with van der Waals surface area (Å²) in [5.41, 5.74) is 1.28. The molecule has 1 N–H and O–H groups in total. The molecule has 0 saturated carbocycles. The second-order valence-corrected chi connectivity index (χ2v) is 5.06. The van der Waals surface area contributed by atoms with Gasteiger partial charge >= 0.3 is 11.9 Å². The molecule has 0 bridgehead atoms. The second kappa shape index (κ2) is 6.49. The van der Waals surface area contributed by atoms with Crippen molar-refractivity contribution >= 4 is 23.7 Å². The van der Waals surface area contributed by atoms with Crippen LogP contribution in [0.3, 0.4) is 0 Å². The van der Waals surface area contributed by atoms with Crippen LogP contribution in [0.15, 0.2) is 22.4 Å². The number of carbonyl (C=O) groups is 2. The fraction of sp³-hybridized carbons (Fsp3) is 0.500. The number of allylic oxidation sites excluding steroid dienone is 1. The van der Waals surface area contributed by atoms with E-state index in [-0.39, 0.29) is 11.2 Å². The predicted molar refractivity (Wildman–Crippen MR) is 69.6 cm³/mol. The van der Waals surface area contributed by atoms with E-state index in [0.717, 1.165) is 0 Å². The Morgan fingerprint density at radius 2 is 2.17 bits per heavy atom. The molecule has 0 spiro atoms. The van der Waals surface area contributed by atoms with Crippen molar-refractivity contribution in [2.75, 3.05) is 13.7 Å². The number of methoxy groups -OCH3 is 1. The average Bonchev–Trinajstić information content (AvgIpc) is 2.27. The second-order valence-electron chi connectivity index (χ2n) is 3.68. The maximum absolute atomic E-state index is 11.6. The standard InChI is InChI=1S/C12H17NO4S/c1-5-17-10(14)6-9-13-7(2)11(8(3)18-9)12(15)16-4/h6,8,13H,5H2,1-4H3/b9-6+. The van der Waals surface area contributed by atoms with Crippen molar-refractivity contribution in [2.24, 2.45) is 0 Å². The zero-order valence-electron chi connectivity index (χ0n) is 10.9. The summed E-state index contributed by atoms with van der Waals surface area (Å²) in [7, 11) is 1.35. The third-order valence-corrected chi connectivity index (χ3v) is 3.43. The molecule has 0 fully saturated rings. The zero-order chi connectivity index (χ0) is 13.7. The average molecular weight is 271 g/mol. The minimum atomic E-state index is -0.394. The highest BCUT2D eigenvalue weighted by Crippen LogP contribution is 2.32. The lowest BCUT2D eigenvalue weighted by Crippen LogP contribution is -2.27. The Labute approximate surface area is 111 Å². The summed E-state index contributed by atoms with van der Waals surface area (Å²) in [4.78, 5) is 22.9. The molecule has 1 atom stereocenters. The maximum Gasteiger partial charge on any atom is 0.336 e. The number of ether oxygens (including phenoxy) is 2. The Hall–Kier alpha value is -1.43. The van der Waals surface area contributed by atoms with Crippen molar-refractivity contribution in [2.45, 2.75) is 26.0 Å². The van der Waals surface area contributed by atoms with E-state index in [4.69, 9.17) is 9.47 Å². The van der Waals surface area contributed by atoms with Crippen LogP contribution in [-0.2, 0) is 19.1 Å². The molecule has 0 aromatic carbocycles. The summed E-state index contributed by atoms with van der Waals surface area (Å²) < 4.78 is 9.56. The molecule has 1 rings (SSSR count). The van der Waals surface area contributed by atoms with Crippen LogP contribution in [0.1, 0.15) is 20.8 Å². The highest BCUT2D eigenvalue weighted by atomic mass is 32.2. The summed E-state index contributed by atoms with van der Waals surface area (Å²) >= 11 is 1.39. The molecule has 1 aliphatic rings. The predicted octanol–water partition coefficient (Wildman–Crippen LogP) is 1.56. The molecule has 0 aliphatic carbocycles. The van der Waals surface area contributed by atoms with Gasteiger partial charge in [0.25, 0.3) is 0 Å². The molecule has 1 heterocycles. The van der Waals surface area contributed by atoms with Crippen LogP contribution in [0.2, 0.25) is 0 Å². The van der Waals surface area contributed by atoms with Crippen LogP contribution in [0.4, 0.5) is 0 Å². The largest absolute Gasteiger partial charge is 0.466 e. The van der Waals surface area contributed by atoms with Gasteiger partial charge < -0.3 is 14.8 Å². The Bertz CT molecular complexity index is 414. The Balaban J connectivity index is 2.88. The first-order chi connectivity index (χ1) is 8.49. The van der Waals surface area contributed by atoms with E-state index in [0.29, 0.717) is 22.9 Å². The van der Waals surface area contributed by atoms with E-state index in [2.05, 4.69) is 5.32 Å². The molecule has 0 radical (unpaired) electrons. The van der Waals surface area contributed by atoms with Gasteiger partial charge in [0.2, 0.25) is 0 Å². The highest BCUT2D eigenvalue weighted by molar-refractivity contribution is 8.03. The van der Waals surface area contributed by atoms with Crippen LogP contribution in [-0.4, -0.2) is 30.9 Å². The number of hydrogen-bond donors (Lipinski definition) is 1. The third kappa shape index (κ3) is 3.53. The smallest absolute Gasteiger partial charge is 0.336 e. The van der Waals surface area contributed by atoms with Crippen LogP contribution >= 0.6 is 11.8 Å². The van der Waals surface area contributed by atoms with Crippen LogP contribution in [0, 0.1) is 0 Å². The van der Waals surface area contributed by atoms with E-state index < -0.39 is 5.97 Å². The number of nitrogens with one attached hydrogen (secondary N) is 1. The van der Waals surface area contributed by atoms with Crippen molar-refractivity contribution in [1.29, 1.82) is 0 Å². The molecule has 100 valence electrons. The van der Waals surface area contributed by atoms with Gasteiger partial charge in [0.05, 0.1) is 30.4 Å². The minimum Gasteiger partial charge on any atom is -0.466 e. The lowest BCUT2D eigenvalue weighted by molar-refractivity contribution is -0.137. The molecule has 18 heavy (non-hydrogen) atoms. The summed E-state index contributed by atoms with van der Waals surface area (Å²) in [6, 6.07) is 0. The van der Waals surface area contributed by atoms with E-state index >= 15 is 0 Å². The summed E-state index contributed by atoms with van der Waals surface area (Å²) in [5, 5.41) is 3.61. The van der Waals surface area contributed by atoms with E-state index in [1.54, 1.807) is 13.8 Å². The minimum absolute atomic E-state index is 0.0700. The number of esters is 2. The molecule has 5 nitrogen and oxygen atoms in total. The molecule has 0 aromatic heterocycles. The zero-order valence-corrected chi connectivity index (χ0v) is 11.7. The molecular formula is C12H17NO4S. The van der Waals surface area contributed by atoms with Crippen molar-refractivity contribution in [3.05, 3.63) is 22.4 Å². The van der Waals surface area contributed by atoms with Gasteiger partial charge in [0.1, 0.15) is 0 Å². The fourth-order valence-corrected chi connectivity index (χ4v) is 2.77. The summed E-state index contributed by atoms with van der Waals surface area (Å²) in [5.74, 6) is -0.746. The third-order valence-electron chi connectivity index (χ3n) is 2.37. The first kappa shape index (κ1) is 14.6. The van der Waals surface area contributed by atoms with Gasteiger partial charge in [-0.25, -0.2) is 9.59 Å². The van der Waals surface area contributed by atoms with E-state index in [1.807, 2.05) is 6.92 Å². The van der Waals surface area contributed by atoms with Crippen LogP contribution in [0.5, 0.6) is 0 Å². The van der Waals surface area contributed by atoms with Gasteiger partial charge in [-0.3, -0.25) is 0 Å². The summed E-state index contributed by atoms with van der Waals surface area (Å²) in [6.07, 6.45) is 1.39. The first-order valence-electron chi connectivity index (χ1n) is 5.60. The van der Waals surface area contributed by atoms with Crippen molar-refractivity contribution in [1.82, 2.24) is 5.32 Å². The van der Waals surface area contributed by atoms with Crippen LogP contribution < -0.4 is 5.32 Å². The Morgan fingerprint density at radius 3 is 2.67 bits per heavy atom. The number of hydrogen-bond acceptors (Lipinski definition) is 6. The highest BCUT2D eigenvalue weighted by Gasteiger charge is 2.27. The van der Waals surface area contributed by atoms with Gasteiger partial charge in [-0.2, -0.15) is 0 Å².